The number of aliphatic hydroxyl groups is 1. The number of aliphatic hydroxyl groups excluding tert-OH is 1. The summed E-state index contributed by atoms with van der Waals surface area (Å²) in [5.74, 6) is 0. The molecule has 1 N–H and O–H groups in total. The molecule has 2 heteroatoms. The predicted molar refractivity (Wildman–Crippen MR) is 143 cm³/mol. The van der Waals surface area contributed by atoms with Crippen LogP contribution in [0.3, 0.4) is 0 Å². The highest BCUT2D eigenvalue weighted by atomic mass is 16.6. The zero-order valence-electron chi connectivity index (χ0n) is 22.5. The normalized spacial score (nSPS) is 12.5. The van der Waals surface area contributed by atoms with Gasteiger partial charge in [-0.1, -0.05) is 162 Å². The summed E-state index contributed by atoms with van der Waals surface area (Å²) in [6.45, 7) is 5.30. The number of hydrogen-bond donors (Lipinski definition) is 1. The van der Waals surface area contributed by atoms with Crippen LogP contribution < -0.4 is 0 Å². The lowest BCUT2D eigenvalue weighted by Gasteiger charge is -2.12. The van der Waals surface area contributed by atoms with E-state index >= 15 is 0 Å². The minimum Gasteiger partial charge on any atom is -0.368 e. The van der Waals surface area contributed by atoms with Crippen LogP contribution in [0.15, 0.2) is 0 Å². The van der Waals surface area contributed by atoms with Crippen molar-refractivity contribution < 1.29 is 9.84 Å². The summed E-state index contributed by atoms with van der Waals surface area (Å²) in [5, 5.41) is 9.97. The van der Waals surface area contributed by atoms with E-state index in [1.165, 1.54) is 148 Å². The molecule has 32 heavy (non-hydrogen) atoms. The van der Waals surface area contributed by atoms with Gasteiger partial charge in [0.25, 0.3) is 0 Å². The number of hydrogen-bond acceptors (Lipinski definition) is 2. The third-order valence-corrected chi connectivity index (χ3v) is 6.86. The third kappa shape index (κ3) is 28.0. The average Bonchev–Trinajstić information content (AvgIpc) is 2.80. The minimum absolute atomic E-state index is 0.532. The Balaban J connectivity index is 3.12. The second-order valence-corrected chi connectivity index (χ2v) is 10.2. The Bertz CT molecular complexity index is 318. The zero-order valence-corrected chi connectivity index (χ0v) is 22.5. The lowest BCUT2D eigenvalue weighted by Crippen LogP contribution is -2.12. The van der Waals surface area contributed by atoms with E-state index in [0.717, 1.165) is 25.9 Å². The first-order valence-electron chi connectivity index (χ1n) is 15.1. The first-order chi connectivity index (χ1) is 15.8. The minimum atomic E-state index is -0.532. The maximum absolute atomic E-state index is 9.97. The van der Waals surface area contributed by atoms with Crippen molar-refractivity contribution >= 4 is 0 Å². The van der Waals surface area contributed by atoms with E-state index in [-0.39, 0.29) is 0 Å². The molecule has 0 saturated carbocycles. The van der Waals surface area contributed by atoms with Crippen LogP contribution in [0.5, 0.6) is 0 Å². The van der Waals surface area contributed by atoms with Crippen LogP contribution in [-0.4, -0.2) is 18.0 Å². The van der Waals surface area contributed by atoms with Gasteiger partial charge in [0.2, 0.25) is 0 Å². The molecule has 194 valence electrons. The van der Waals surface area contributed by atoms with E-state index in [4.69, 9.17) is 4.74 Å². The fourth-order valence-electron chi connectivity index (χ4n) is 4.58. The van der Waals surface area contributed by atoms with Gasteiger partial charge in [-0.25, -0.2) is 0 Å². The van der Waals surface area contributed by atoms with E-state index in [9.17, 15) is 5.11 Å². The van der Waals surface area contributed by atoms with Gasteiger partial charge in [0, 0.05) is 6.61 Å². The molecule has 0 fully saturated rings. The Kier molecular flexibility index (Phi) is 28.9. The van der Waals surface area contributed by atoms with Crippen LogP contribution in [-0.2, 0) is 4.74 Å². The Morgan fingerprint density at radius 2 is 0.688 bits per heavy atom. The van der Waals surface area contributed by atoms with Crippen LogP contribution in [0.1, 0.15) is 181 Å². The predicted octanol–water partition coefficient (Wildman–Crippen LogP) is 10.5. The first kappa shape index (κ1) is 31.9. The van der Waals surface area contributed by atoms with E-state index in [0.29, 0.717) is 0 Å². The van der Waals surface area contributed by atoms with Crippen molar-refractivity contribution in [3.05, 3.63) is 0 Å². The van der Waals surface area contributed by atoms with Crippen LogP contribution in [0.25, 0.3) is 0 Å². The molecule has 0 aromatic rings. The van der Waals surface area contributed by atoms with Crippen molar-refractivity contribution in [3.63, 3.8) is 0 Å². The van der Waals surface area contributed by atoms with Gasteiger partial charge in [-0.3, -0.25) is 0 Å². The summed E-state index contributed by atoms with van der Waals surface area (Å²) in [6.07, 6.45) is 34.5. The van der Waals surface area contributed by atoms with Gasteiger partial charge in [0.05, 0.1) is 0 Å². The highest BCUT2D eigenvalue weighted by Gasteiger charge is 2.03. The van der Waals surface area contributed by atoms with Crippen molar-refractivity contribution in [1.82, 2.24) is 0 Å². The van der Waals surface area contributed by atoms with Gasteiger partial charge in [-0.15, -0.1) is 0 Å². The largest absolute Gasteiger partial charge is 0.368 e. The number of ether oxygens (including phenoxy) is 1. The fraction of sp³-hybridized carbons (Fsp3) is 1.00. The number of unbranched alkanes of at least 4 members (excludes halogenated alkanes) is 23. The quantitative estimate of drug-likeness (QED) is 0.0940. The molecule has 0 aromatic carbocycles. The van der Waals surface area contributed by atoms with Crippen molar-refractivity contribution in [1.29, 1.82) is 0 Å². The molecule has 0 rings (SSSR count). The molecule has 0 radical (unpaired) electrons. The van der Waals surface area contributed by atoms with Crippen molar-refractivity contribution in [2.75, 3.05) is 6.61 Å². The average molecular weight is 455 g/mol. The molecule has 0 aliphatic carbocycles. The molecular formula is C30H62O2. The molecule has 0 saturated heterocycles. The van der Waals surface area contributed by atoms with Crippen LogP contribution in [0.4, 0.5) is 0 Å². The summed E-state index contributed by atoms with van der Waals surface area (Å²) in [5.41, 5.74) is 0. The molecular weight excluding hydrogens is 392 g/mol. The lowest BCUT2D eigenvalue weighted by atomic mass is 10.0. The fourth-order valence-corrected chi connectivity index (χ4v) is 4.58. The molecule has 0 bridgehead atoms. The van der Waals surface area contributed by atoms with Gasteiger partial charge in [0.1, 0.15) is 0 Å². The molecule has 0 spiro atoms. The Labute approximate surface area is 203 Å². The summed E-state index contributed by atoms with van der Waals surface area (Å²) in [6, 6.07) is 0. The molecule has 0 aliphatic heterocycles. The second-order valence-electron chi connectivity index (χ2n) is 10.2. The van der Waals surface area contributed by atoms with Gasteiger partial charge in [-0.05, 0) is 19.3 Å². The summed E-state index contributed by atoms with van der Waals surface area (Å²) in [4.78, 5) is 0. The lowest BCUT2D eigenvalue weighted by molar-refractivity contribution is -0.105. The first-order valence-corrected chi connectivity index (χ1v) is 15.1. The molecule has 0 amide bonds. The van der Waals surface area contributed by atoms with Gasteiger partial charge in [-0.2, -0.15) is 0 Å². The summed E-state index contributed by atoms with van der Waals surface area (Å²) < 4.78 is 5.59. The summed E-state index contributed by atoms with van der Waals surface area (Å²) in [7, 11) is 0. The standard InChI is InChI=1S/C30H62O2/c1-3-5-7-9-11-13-15-16-17-18-19-20-22-24-26-28-30(31)32-29-27-25-23-21-14-12-10-8-6-4-2/h30-31H,3-29H2,1-2H3. The molecule has 1 unspecified atom stereocenters. The SMILES string of the molecule is CCCCCCCCCCCCCCCCCC(O)OCCCCCCCCCCCC. The smallest absolute Gasteiger partial charge is 0.154 e. The van der Waals surface area contributed by atoms with Gasteiger partial charge < -0.3 is 9.84 Å². The molecule has 0 aliphatic rings. The van der Waals surface area contributed by atoms with Crippen LogP contribution >= 0.6 is 0 Å². The van der Waals surface area contributed by atoms with Crippen molar-refractivity contribution in [3.8, 4) is 0 Å². The number of rotatable bonds is 28. The Morgan fingerprint density at radius 1 is 0.406 bits per heavy atom. The van der Waals surface area contributed by atoms with Crippen LogP contribution in [0.2, 0.25) is 0 Å². The van der Waals surface area contributed by atoms with Gasteiger partial charge in [0.15, 0.2) is 6.29 Å². The highest BCUT2D eigenvalue weighted by Crippen LogP contribution is 2.15. The monoisotopic (exact) mass is 454 g/mol. The van der Waals surface area contributed by atoms with Crippen molar-refractivity contribution in [2.45, 2.75) is 187 Å². The van der Waals surface area contributed by atoms with Crippen LogP contribution in [0, 0.1) is 0 Å². The zero-order chi connectivity index (χ0) is 23.4. The van der Waals surface area contributed by atoms with E-state index in [2.05, 4.69) is 13.8 Å². The maximum Gasteiger partial charge on any atom is 0.154 e. The topological polar surface area (TPSA) is 29.5 Å². The molecule has 0 heterocycles. The summed E-state index contributed by atoms with van der Waals surface area (Å²) >= 11 is 0. The molecule has 2 nitrogen and oxygen atoms in total. The van der Waals surface area contributed by atoms with E-state index in [1.54, 1.807) is 0 Å². The van der Waals surface area contributed by atoms with E-state index < -0.39 is 6.29 Å². The molecule has 1 atom stereocenters. The highest BCUT2D eigenvalue weighted by molar-refractivity contribution is 4.52. The van der Waals surface area contributed by atoms with E-state index in [1.807, 2.05) is 0 Å². The van der Waals surface area contributed by atoms with Gasteiger partial charge >= 0.3 is 0 Å². The Morgan fingerprint density at radius 3 is 1.03 bits per heavy atom. The Hall–Kier alpha value is -0.0800. The molecule has 0 aromatic heterocycles. The van der Waals surface area contributed by atoms with Crippen molar-refractivity contribution in [2.24, 2.45) is 0 Å². The second kappa shape index (κ2) is 29.0. The third-order valence-electron chi connectivity index (χ3n) is 6.86. The maximum atomic E-state index is 9.97.